The maximum absolute atomic E-state index is 9.08. The minimum absolute atomic E-state index is 0.0279. The first-order valence-corrected chi connectivity index (χ1v) is 5.46. The fraction of sp³-hybridized carbons (Fsp3) is 1.00. The zero-order valence-electron chi connectivity index (χ0n) is 9.71. The Labute approximate surface area is 86.8 Å². The molecule has 1 fully saturated rings. The molecule has 0 amide bonds. The van der Waals surface area contributed by atoms with E-state index in [2.05, 4.69) is 26.1 Å². The highest BCUT2D eigenvalue weighted by atomic mass is 16.5. The van der Waals surface area contributed by atoms with Crippen molar-refractivity contribution in [2.75, 3.05) is 6.54 Å². The van der Waals surface area contributed by atoms with E-state index in [9.17, 15) is 0 Å². The summed E-state index contributed by atoms with van der Waals surface area (Å²) in [5, 5.41) is 12.4. The Balaban J connectivity index is 2.06. The van der Waals surface area contributed by atoms with Crippen molar-refractivity contribution < 1.29 is 9.84 Å². The maximum atomic E-state index is 9.08. The van der Waals surface area contributed by atoms with E-state index in [4.69, 9.17) is 9.84 Å². The zero-order valence-corrected chi connectivity index (χ0v) is 9.71. The lowest BCUT2D eigenvalue weighted by molar-refractivity contribution is -0.103. The molecule has 3 heteroatoms. The zero-order chi connectivity index (χ0) is 10.8. The van der Waals surface area contributed by atoms with Crippen LogP contribution in [0.5, 0.6) is 0 Å². The van der Waals surface area contributed by atoms with Crippen LogP contribution >= 0.6 is 0 Å². The van der Waals surface area contributed by atoms with E-state index in [1.54, 1.807) is 6.92 Å². The average molecular weight is 201 g/mol. The smallest absolute Gasteiger partial charge is 0.0636 e. The van der Waals surface area contributed by atoms with Gasteiger partial charge in [-0.15, -0.1) is 0 Å². The molecule has 0 unspecified atom stereocenters. The predicted octanol–water partition coefficient (Wildman–Crippen LogP) is 1.30. The molecule has 0 radical (unpaired) electrons. The Morgan fingerprint density at radius 2 is 2.00 bits per heavy atom. The molecule has 0 aromatic rings. The molecule has 0 bridgehead atoms. The molecular weight excluding hydrogens is 178 g/mol. The molecule has 1 atom stereocenters. The van der Waals surface area contributed by atoms with Crippen LogP contribution in [0.2, 0.25) is 0 Å². The van der Waals surface area contributed by atoms with Gasteiger partial charge in [0.1, 0.15) is 0 Å². The second-order valence-electron chi connectivity index (χ2n) is 5.28. The lowest BCUT2D eigenvalue weighted by Gasteiger charge is -2.39. The number of aliphatic hydroxyl groups is 1. The average Bonchev–Trinajstić information content (AvgIpc) is 1.90. The van der Waals surface area contributed by atoms with Crippen LogP contribution in [0, 0.1) is 0 Å². The third kappa shape index (κ3) is 4.40. The topological polar surface area (TPSA) is 41.5 Å². The number of hydrogen-bond donors (Lipinski definition) is 2. The predicted molar refractivity (Wildman–Crippen MR) is 57.3 cm³/mol. The Bertz CT molecular complexity index is 169. The largest absolute Gasteiger partial charge is 0.392 e. The van der Waals surface area contributed by atoms with Crippen molar-refractivity contribution >= 4 is 0 Å². The van der Waals surface area contributed by atoms with Crippen molar-refractivity contribution in [2.45, 2.75) is 64.4 Å². The summed E-state index contributed by atoms with van der Waals surface area (Å²) in [7, 11) is 0. The number of aliphatic hydroxyl groups excluding tert-OH is 1. The van der Waals surface area contributed by atoms with Crippen molar-refractivity contribution in [3.63, 3.8) is 0 Å². The summed E-state index contributed by atoms with van der Waals surface area (Å²) < 4.78 is 5.81. The van der Waals surface area contributed by atoms with Crippen LogP contribution in [0.15, 0.2) is 0 Å². The minimum Gasteiger partial charge on any atom is -0.392 e. The Morgan fingerprint density at radius 1 is 1.43 bits per heavy atom. The molecule has 0 aromatic heterocycles. The van der Waals surface area contributed by atoms with E-state index in [0.29, 0.717) is 18.7 Å². The highest BCUT2D eigenvalue weighted by Crippen LogP contribution is 2.27. The first-order valence-electron chi connectivity index (χ1n) is 5.46. The molecule has 14 heavy (non-hydrogen) atoms. The summed E-state index contributed by atoms with van der Waals surface area (Å²) in [5.41, 5.74) is -0.0279. The molecule has 0 saturated heterocycles. The third-order valence-electron chi connectivity index (χ3n) is 2.32. The Hall–Kier alpha value is -0.120. The molecule has 0 aromatic carbocycles. The molecule has 1 aliphatic rings. The molecule has 1 aliphatic carbocycles. The van der Waals surface area contributed by atoms with Crippen LogP contribution in [-0.2, 0) is 4.74 Å². The van der Waals surface area contributed by atoms with Crippen LogP contribution in [0.1, 0.15) is 40.5 Å². The quantitative estimate of drug-likeness (QED) is 0.720. The summed E-state index contributed by atoms with van der Waals surface area (Å²) in [6.45, 7) is 8.75. The van der Waals surface area contributed by atoms with Crippen LogP contribution in [0.4, 0.5) is 0 Å². The third-order valence-corrected chi connectivity index (χ3v) is 2.32. The normalized spacial score (nSPS) is 29.8. The summed E-state index contributed by atoms with van der Waals surface area (Å²) >= 11 is 0. The lowest BCUT2D eigenvalue weighted by Crippen LogP contribution is -2.49. The number of rotatable bonds is 4. The monoisotopic (exact) mass is 201 g/mol. The SMILES string of the molecule is C[C@@H](O)CNC1CC(OC(C)(C)C)C1. The molecule has 0 spiro atoms. The highest BCUT2D eigenvalue weighted by molar-refractivity contribution is 4.87. The minimum atomic E-state index is -0.252. The first-order chi connectivity index (χ1) is 6.37. The van der Waals surface area contributed by atoms with Gasteiger partial charge in [0, 0.05) is 12.6 Å². The Kier molecular flexibility index (Phi) is 3.93. The van der Waals surface area contributed by atoms with Gasteiger partial charge in [-0.2, -0.15) is 0 Å². The molecule has 84 valence electrons. The van der Waals surface area contributed by atoms with E-state index < -0.39 is 0 Å². The van der Waals surface area contributed by atoms with E-state index in [-0.39, 0.29) is 11.7 Å². The summed E-state index contributed by atoms with van der Waals surface area (Å²) in [6.07, 6.45) is 2.30. The molecule has 1 saturated carbocycles. The molecule has 1 rings (SSSR count). The van der Waals surface area contributed by atoms with E-state index in [1.165, 1.54) is 0 Å². The van der Waals surface area contributed by atoms with Crippen LogP contribution in [0.25, 0.3) is 0 Å². The standard InChI is InChI=1S/C11H23NO2/c1-8(13)7-12-9-5-10(6-9)14-11(2,3)4/h8-10,12-13H,5-7H2,1-4H3/t8-,9?,10?/m1/s1. The van der Waals surface area contributed by atoms with Gasteiger partial charge in [0.05, 0.1) is 17.8 Å². The van der Waals surface area contributed by atoms with Crippen molar-refractivity contribution in [1.82, 2.24) is 5.32 Å². The Morgan fingerprint density at radius 3 is 2.43 bits per heavy atom. The van der Waals surface area contributed by atoms with Crippen molar-refractivity contribution in [3.05, 3.63) is 0 Å². The highest BCUT2D eigenvalue weighted by Gasteiger charge is 2.32. The van der Waals surface area contributed by atoms with Crippen LogP contribution in [0.3, 0.4) is 0 Å². The summed E-state index contributed by atoms with van der Waals surface area (Å²) in [6, 6.07) is 0.539. The van der Waals surface area contributed by atoms with Crippen LogP contribution in [-0.4, -0.2) is 35.5 Å². The van der Waals surface area contributed by atoms with Gasteiger partial charge in [0.2, 0.25) is 0 Å². The second kappa shape index (κ2) is 4.60. The van der Waals surface area contributed by atoms with Gasteiger partial charge in [0.15, 0.2) is 0 Å². The van der Waals surface area contributed by atoms with Crippen molar-refractivity contribution in [2.24, 2.45) is 0 Å². The van der Waals surface area contributed by atoms with Crippen molar-refractivity contribution in [3.8, 4) is 0 Å². The molecule has 3 nitrogen and oxygen atoms in total. The van der Waals surface area contributed by atoms with Gasteiger partial charge in [-0.05, 0) is 40.5 Å². The molecule has 0 heterocycles. The number of ether oxygens (including phenoxy) is 1. The summed E-state index contributed by atoms with van der Waals surface area (Å²) in [4.78, 5) is 0. The van der Waals surface area contributed by atoms with E-state index in [0.717, 1.165) is 12.8 Å². The number of nitrogens with one attached hydrogen (secondary N) is 1. The lowest BCUT2D eigenvalue weighted by atomic mass is 9.88. The number of hydrogen-bond acceptors (Lipinski definition) is 3. The fourth-order valence-electron chi connectivity index (χ4n) is 1.67. The van der Waals surface area contributed by atoms with E-state index >= 15 is 0 Å². The van der Waals surface area contributed by atoms with Gasteiger partial charge < -0.3 is 15.2 Å². The molecule has 2 N–H and O–H groups in total. The molecule has 0 aliphatic heterocycles. The van der Waals surface area contributed by atoms with Gasteiger partial charge in [-0.25, -0.2) is 0 Å². The van der Waals surface area contributed by atoms with Gasteiger partial charge >= 0.3 is 0 Å². The maximum Gasteiger partial charge on any atom is 0.0636 e. The van der Waals surface area contributed by atoms with Gasteiger partial charge in [-0.3, -0.25) is 0 Å². The van der Waals surface area contributed by atoms with Gasteiger partial charge in [0.25, 0.3) is 0 Å². The van der Waals surface area contributed by atoms with E-state index in [1.807, 2.05) is 0 Å². The summed E-state index contributed by atoms with van der Waals surface area (Å²) in [5.74, 6) is 0. The second-order valence-corrected chi connectivity index (χ2v) is 5.28. The van der Waals surface area contributed by atoms with Gasteiger partial charge in [-0.1, -0.05) is 0 Å². The van der Waals surface area contributed by atoms with Crippen LogP contribution < -0.4 is 5.32 Å². The first kappa shape index (κ1) is 12.0. The van der Waals surface area contributed by atoms with Crippen molar-refractivity contribution in [1.29, 1.82) is 0 Å². The molecular formula is C11H23NO2. The fourth-order valence-corrected chi connectivity index (χ4v) is 1.67.